The molecule has 94 valence electrons. The Morgan fingerprint density at radius 1 is 1.38 bits per heavy atom. The number of piperidine rings is 1. The maximum atomic E-state index is 11.4. The summed E-state index contributed by atoms with van der Waals surface area (Å²) in [5, 5.41) is 10.1. The molecule has 4 nitrogen and oxygen atoms in total. The van der Waals surface area contributed by atoms with Gasteiger partial charge in [-0.3, -0.25) is 0 Å². The van der Waals surface area contributed by atoms with E-state index in [0.29, 0.717) is 19.0 Å². The number of sulfonamides is 1. The lowest BCUT2D eigenvalue weighted by molar-refractivity contribution is -0.0569. The second kappa shape index (κ2) is 4.27. The lowest BCUT2D eigenvalue weighted by atomic mass is 9.73. The van der Waals surface area contributed by atoms with Crippen LogP contribution < -0.4 is 0 Å². The van der Waals surface area contributed by atoms with Gasteiger partial charge in [0.1, 0.15) is 0 Å². The third-order valence-corrected chi connectivity index (χ3v) is 5.17. The highest BCUT2D eigenvalue weighted by Crippen LogP contribution is 2.39. The van der Waals surface area contributed by atoms with E-state index in [1.165, 1.54) is 6.26 Å². The van der Waals surface area contributed by atoms with Crippen LogP contribution in [0.5, 0.6) is 0 Å². The van der Waals surface area contributed by atoms with Crippen LogP contribution in [-0.2, 0) is 10.0 Å². The summed E-state index contributed by atoms with van der Waals surface area (Å²) in [4.78, 5) is 0. The van der Waals surface area contributed by atoms with Crippen LogP contribution in [0.4, 0.5) is 0 Å². The van der Waals surface area contributed by atoms with Gasteiger partial charge in [-0.1, -0.05) is 0 Å². The summed E-state index contributed by atoms with van der Waals surface area (Å²) in [5.41, 5.74) is -0.481. The Bertz CT molecular complexity index is 348. The maximum Gasteiger partial charge on any atom is 0.211 e. The minimum absolute atomic E-state index is 0.341. The Labute approximate surface area is 97.7 Å². The molecule has 0 bridgehead atoms. The Hall–Kier alpha value is -0.130. The van der Waals surface area contributed by atoms with Crippen molar-refractivity contribution in [3.8, 4) is 0 Å². The molecule has 1 atom stereocenters. The summed E-state index contributed by atoms with van der Waals surface area (Å²) in [7, 11) is -3.05. The predicted octanol–water partition coefficient (Wildman–Crippen LogP) is 0.963. The zero-order chi connectivity index (χ0) is 11.8. The van der Waals surface area contributed by atoms with Crippen LogP contribution in [0.2, 0.25) is 0 Å². The van der Waals surface area contributed by atoms with Crippen molar-refractivity contribution < 1.29 is 13.5 Å². The summed E-state index contributed by atoms with van der Waals surface area (Å²) in [5.74, 6) is 0.341. The molecule has 0 aromatic rings. The summed E-state index contributed by atoms with van der Waals surface area (Å²) in [6.07, 6.45) is 6.92. The van der Waals surface area contributed by atoms with Gasteiger partial charge in [-0.2, -0.15) is 0 Å². The van der Waals surface area contributed by atoms with Crippen molar-refractivity contribution in [3.05, 3.63) is 0 Å². The van der Waals surface area contributed by atoms with Crippen molar-refractivity contribution >= 4 is 10.0 Å². The van der Waals surface area contributed by atoms with Gasteiger partial charge in [0.2, 0.25) is 10.0 Å². The molecule has 5 heteroatoms. The fourth-order valence-corrected chi connectivity index (χ4v) is 3.76. The smallest absolute Gasteiger partial charge is 0.211 e. The number of rotatable bonds is 3. The summed E-state index contributed by atoms with van der Waals surface area (Å²) in [6, 6.07) is 0. The summed E-state index contributed by atoms with van der Waals surface area (Å²) >= 11 is 0. The first-order chi connectivity index (χ1) is 7.39. The number of aliphatic hydroxyl groups is 1. The molecule has 2 fully saturated rings. The highest BCUT2D eigenvalue weighted by Gasteiger charge is 2.38. The van der Waals surface area contributed by atoms with Crippen molar-refractivity contribution in [2.24, 2.45) is 5.92 Å². The monoisotopic (exact) mass is 247 g/mol. The first-order valence-corrected chi connectivity index (χ1v) is 7.91. The molecule has 0 aromatic carbocycles. The van der Waals surface area contributed by atoms with E-state index in [4.69, 9.17) is 0 Å². The molecule has 0 spiro atoms. The lowest BCUT2D eigenvalue weighted by Crippen LogP contribution is -2.44. The van der Waals surface area contributed by atoms with Crippen molar-refractivity contribution in [2.75, 3.05) is 19.3 Å². The van der Waals surface area contributed by atoms with Crippen LogP contribution in [0.3, 0.4) is 0 Å². The first kappa shape index (κ1) is 12.3. The second-order valence-corrected chi connectivity index (χ2v) is 7.39. The zero-order valence-electron chi connectivity index (χ0n) is 9.85. The Kier molecular flexibility index (Phi) is 3.29. The van der Waals surface area contributed by atoms with E-state index in [2.05, 4.69) is 0 Å². The van der Waals surface area contributed by atoms with Gasteiger partial charge in [0, 0.05) is 13.1 Å². The molecule has 0 amide bonds. The van der Waals surface area contributed by atoms with Crippen molar-refractivity contribution in [3.63, 3.8) is 0 Å². The van der Waals surface area contributed by atoms with E-state index in [0.717, 1.165) is 38.5 Å². The van der Waals surface area contributed by atoms with Gasteiger partial charge in [0.15, 0.2) is 0 Å². The summed E-state index contributed by atoms with van der Waals surface area (Å²) < 4.78 is 24.4. The minimum atomic E-state index is -3.05. The van der Waals surface area contributed by atoms with Crippen molar-refractivity contribution in [1.29, 1.82) is 0 Å². The number of nitrogens with zero attached hydrogens (tertiary/aromatic N) is 1. The Balaban J connectivity index is 1.92. The fourth-order valence-electron chi connectivity index (χ4n) is 2.82. The highest BCUT2D eigenvalue weighted by atomic mass is 32.2. The van der Waals surface area contributed by atoms with Crippen LogP contribution in [-0.4, -0.2) is 42.8 Å². The molecule has 1 unspecified atom stereocenters. The second-order valence-electron chi connectivity index (χ2n) is 5.41. The third kappa shape index (κ3) is 2.76. The van der Waals surface area contributed by atoms with Gasteiger partial charge in [-0.15, -0.1) is 0 Å². The Morgan fingerprint density at radius 2 is 2.06 bits per heavy atom. The molecular formula is C11H21NO3S. The lowest BCUT2D eigenvalue weighted by Gasteiger charge is -2.41. The maximum absolute atomic E-state index is 11.4. The molecule has 1 aliphatic heterocycles. The van der Waals surface area contributed by atoms with E-state index in [1.54, 1.807) is 4.31 Å². The molecular weight excluding hydrogens is 226 g/mol. The molecule has 0 aromatic heterocycles. The molecule has 0 radical (unpaired) electrons. The van der Waals surface area contributed by atoms with Gasteiger partial charge in [0.25, 0.3) is 0 Å². The van der Waals surface area contributed by atoms with Gasteiger partial charge in [0.05, 0.1) is 11.9 Å². The van der Waals surface area contributed by atoms with Crippen LogP contribution in [0, 0.1) is 5.92 Å². The van der Waals surface area contributed by atoms with Gasteiger partial charge >= 0.3 is 0 Å². The number of hydrogen-bond acceptors (Lipinski definition) is 3. The SMILES string of the molecule is CS(=O)(=O)N1CCCC(CC2(O)CCC2)C1. The van der Waals surface area contributed by atoms with E-state index in [-0.39, 0.29) is 0 Å². The zero-order valence-corrected chi connectivity index (χ0v) is 10.7. The molecule has 1 heterocycles. The molecule has 2 aliphatic rings. The molecule has 1 aliphatic carbocycles. The average molecular weight is 247 g/mol. The number of hydrogen-bond donors (Lipinski definition) is 1. The quantitative estimate of drug-likeness (QED) is 0.808. The van der Waals surface area contributed by atoms with Crippen molar-refractivity contribution in [2.45, 2.75) is 44.1 Å². The normalized spacial score (nSPS) is 31.0. The van der Waals surface area contributed by atoms with Crippen LogP contribution in [0.25, 0.3) is 0 Å². The van der Waals surface area contributed by atoms with E-state index in [1.807, 2.05) is 0 Å². The molecule has 1 saturated carbocycles. The molecule has 16 heavy (non-hydrogen) atoms. The fraction of sp³-hybridized carbons (Fsp3) is 1.00. The highest BCUT2D eigenvalue weighted by molar-refractivity contribution is 7.88. The van der Waals surface area contributed by atoms with Gasteiger partial charge < -0.3 is 5.11 Å². The van der Waals surface area contributed by atoms with Gasteiger partial charge in [-0.25, -0.2) is 12.7 Å². The average Bonchev–Trinajstić information content (AvgIpc) is 2.14. The molecule has 2 rings (SSSR count). The summed E-state index contributed by atoms with van der Waals surface area (Å²) in [6.45, 7) is 1.24. The van der Waals surface area contributed by atoms with Crippen LogP contribution in [0.1, 0.15) is 38.5 Å². The topological polar surface area (TPSA) is 57.6 Å². The third-order valence-electron chi connectivity index (χ3n) is 3.90. The van der Waals surface area contributed by atoms with E-state index in [9.17, 15) is 13.5 Å². The molecule has 1 saturated heterocycles. The van der Waals surface area contributed by atoms with Crippen LogP contribution in [0.15, 0.2) is 0 Å². The first-order valence-electron chi connectivity index (χ1n) is 6.07. The largest absolute Gasteiger partial charge is 0.390 e. The van der Waals surface area contributed by atoms with E-state index < -0.39 is 15.6 Å². The van der Waals surface area contributed by atoms with Crippen LogP contribution >= 0.6 is 0 Å². The molecule has 1 N–H and O–H groups in total. The standard InChI is InChI=1S/C11H21NO3S/c1-16(14,15)12-7-2-4-10(9-12)8-11(13)5-3-6-11/h10,13H,2-9H2,1H3. The van der Waals surface area contributed by atoms with Gasteiger partial charge in [-0.05, 0) is 44.4 Å². The predicted molar refractivity (Wildman–Crippen MR) is 62.6 cm³/mol. The minimum Gasteiger partial charge on any atom is -0.390 e. The Morgan fingerprint density at radius 3 is 2.56 bits per heavy atom. The van der Waals surface area contributed by atoms with E-state index >= 15 is 0 Å². The van der Waals surface area contributed by atoms with Crippen molar-refractivity contribution in [1.82, 2.24) is 4.31 Å².